The highest BCUT2D eigenvalue weighted by Gasteiger charge is 2.24. The third kappa shape index (κ3) is 5.38. The minimum absolute atomic E-state index is 0.0590. The van der Waals surface area contributed by atoms with Gasteiger partial charge in [0.05, 0.1) is 6.61 Å². The van der Waals surface area contributed by atoms with Gasteiger partial charge in [-0.3, -0.25) is 4.79 Å². The Kier molecular flexibility index (Phi) is 6.21. The number of carbonyl (C=O) groups is 1. The highest BCUT2D eigenvalue weighted by atomic mass is 16.5. The van der Waals surface area contributed by atoms with E-state index in [0.29, 0.717) is 19.6 Å². The van der Waals surface area contributed by atoms with Crippen LogP contribution in [0.2, 0.25) is 0 Å². The first kappa shape index (κ1) is 17.5. The first-order valence-electron chi connectivity index (χ1n) is 7.46. The van der Waals surface area contributed by atoms with Crippen LogP contribution in [0.25, 0.3) is 0 Å². The quantitative estimate of drug-likeness (QED) is 0.877. The molecule has 0 aliphatic rings. The molecule has 0 fully saturated rings. The van der Waals surface area contributed by atoms with Gasteiger partial charge in [0.2, 0.25) is 5.91 Å². The molecule has 0 aliphatic heterocycles. The van der Waals surface area contributed by atoms with Crippen LogP contribution < -0.4 is 10.5 Å². The predicted octanol–water partition coefficient (Wildman–Crippen LogP) is 2.81. The number of hydrogen-bond acceptors (Lipinski definition) is 3. The Balaban J connectivity index is 2.68. The van der Waals surface area contributed by atoms with E-state index in [2.05, 4.69) is 20.8 Å². The molecule has 0 saturated carbocycles. The lowest BCUT2D eigenvalue weighted by molar-refractivity contribution is -0.131. The van der Waals surface area contributed by atoms with Crippen molar-refractivity contribution in [3.05, 3.63) is 29.8 Å². The van der Waals surface area contributed by atoms with Crippen LogP contribution in [-0.4, -0.2) is 30.5 Å². The van der Waals surface area contributed by atoms with Gasteiger partial charge in [-0.05, 0) is 18.4 Å². The molecule has 0 heterocycles. The molecule has 2 N–H and O–H groups in total. The number of rotatable bonds is 6. The second-order valence-electron chi connectivity index (χ2n) is 6.47. The second kappa shape index (κ2) is 7.46. The average molecular weight is 292 g/mol. The fourth-order valence-corrected chi connectivity index (χ4v) is 1.92. The Labute approximate surface area is 128 Å². The van der Waals surface area contributed by atoms with Crippen LogP contribution in [0.15, 0.2) is 24.3 Å². The smallest absolute Gasteiger partial charge is 0.224 e. The van der Waals surface area contributed by atoms with Crippen molar-refractivity contribution >= 4 is 5.91 Å². The maximum absolute atomic E-state index is 12.3. The molecule has 1 rings (SSSR count). The second-order valence-corrected chi connectivity index (χ2v) is 6.47. The predicted molar refractivity (Wildman–Crippen MR) is 86.1 cm³/mol. The summed E-state index contributed by atoms with van der Waals surface area (Å²) in [6, 6.07) is 7.66. The van der Waals surface area contributed by atoms with E-state index in [1.165, 1.54) is 0 Å². The van der Waals surface area contributed by atoms with Crippen LogP contribution in [-0.2, 0) is 11.3 Å². The molecule has 1 aromatic carbocycles. The van der Waals surface area contributed by atoms with Crippen molar-refractivity contribution in [2.24, 2.45) is 11.1 Å². The molecule has 4 nitrogen and oxygen atoms in total. The largest absolute Gasteiger partial charge is 0.494 e. The molecule has 0 saturated heterocycles. The molecule has 1 aromatic rings. The van der Waals surface area contributed by atoms with E-state index in [0.717, 1.165) is 11.3 Å². The zero-order valence-electron chi connectivity index (χ0n) is 13.8. The summed E-state index contributed by atoms with van der Waals surface area (Å²) in [5.74, 6) is 0.892. The summed E-state index contributed by atoms with van der Waals surface area (Å²) in [6.45, 7) is 9.25. The van der Waals surface area contributed by atoms with Crippen molar-refractivity contribution in [2.75, 3.05) is 13.7 Å². The van der Waals surface area contributed by atoms with Crippen molar-refractivity contribution < 1.29 is 9.53 Å². The van der Waals surface area contributed by atoms with Gasteiger partial charge in [0.15, 0.2) is 0 Å². The van der Waals surface area contributed by atoms with Crippen molar-refractivity contribution in [1.29, 1.82) is 0 Å². The molecular formula is C17H28N2O2. The van der Waals surface area contributed by atoms with Gasteiger partial charge in [-0.15, -0.1) is 0 Å². The first-order chi connectivity index (χ1) is 9.75. The third-order valence-corrected chi connectivity index (χ3v) is 3.61. The fraction of sp³-hybridized carbons (Fsp3) is 0.588. The number of ether oxygens (including phenoxy) is 1. The van der Waals surface area contributed by atoms with Gasteiger partial charge < -0.3 is 15.4 Å². The van der Waals surface area contributed by atoms with E-state index >= 15 is 0 Å². The SMILES string of the molecule is CCOc1ccccc1CN(C)C(=O)CC(N)C(C)(C)C. The molecule has 0 spiro atoms. The summed E-state index contributed by atoms with van der Waals surface area (Å²) >= 11 is 0. The molecule has 118 valence electrons. The number of hydrogen-bond donors (Lipinski definition) is 1. The summed E-state index contributed by atoms with van der Waals surface area (Å²) < 4.78 is 5.59. The molecule has 0 radical (unpaired) electrons. The van der Waals surface area contributed by atoms with Gasteiger partial charge in [0.1, 0.15) is 5.75 Å². The van der Waals surface area contributed by atoms with E-state index < -0.39 is 0 Å². The van der Waals surface area contributed by atoms with Gasteiger partial charge >= 0.3 is 0 Å². The molecule has 1 amide bonds. The van der Waals surface area contributed by atoms with Crippen LogP contribution in [0.5, 0.6) is 5.75 Å². The minimum Gasteiger partial charge on any atom is -0.494 e. The summed E-state index contributed by atoms with van der Waals surface area (Å²) in [5.41, 5.74) is 7.03. The van der Waals surface area contributed by atoms with E-state index in [1.807, 2.05) is 31.2 Å². The van der Waals surface area contributed by atoms with E-state index in [-0.39, 0.29) is 17.4 Å². The number of benzene rings is 1. The first-order valence-corrected chi connectivity index (χ1v) is 7.46. The normalized spacial score (nSPS) is 12.9. The van der Waals surface area contributed by atoms with Crippen molar-refractivity contribution in [3.8, 4) is 5.75 Å². The zero-order chi connectivity index (χ0) is 16.0. The lowest BCUT2D eigenvalue weighted by atomic mass is 9.85. The lowest BCUT2D eigenvalue weighted by Crippen LogP contribution is -2.40. The number of carbonyl (C=O) groups excluding carboxylic acids is 1. The molecular weight excluding hydrogens is 264 g/mol. The number of nitrogens with zero attached hydrogens (tertiary/aromatic N) is 1. The number of amides is 1. The van der Waals surface area contributed by atoms with Gasteiger partial charge in [0, 0.05) is 31.6 Å². The molecule has 4 heteroatoms. The van der Waals surface area contributed by atoms with Crippen molar-refractivity contribution in [2.45, 2.75) is 46.7 Å². The van der Waals surface area contributed by atoms with Crippen molar-refractivity contribution in [3.63, 3.8) is 0 Å². The van der Waals surface area contributed by atoms with Crippen LogP contribution in [0.4, 0.5) is 0 Å². The Morgan fingerprint density at radius 2 is 1.95 bits per heavy atom. The molecule has 1 unspecified atom stereocenters. The van der Waals surface area contributed by atoms with Crippen LogP contribution in [0, 0.1) is 5.41 Å². The Hall–Kier alpha value is -1.55. The Morgan fingerprint density at radius 1 is 1.33 bits per heavy atom. The summed E-state index contributed by atoms with van der Waals surface area (Å²) in [5, 5.41) is 0. The molecule has 0 aromatic heterocycles. The monoisotopic (exact) mass is 292 g/mol. The average Bonchev–Trinajstić information content (AvgIpc) is 2.40. The Morgan fingerprint density at radius 3 is 2.52 bits per heavy atom. The molecule has 21 heavy (non-hydrogen) atoms. The van der Waals surface area contributed by atoms with Crippen LogP contribution in [0.1, 0.15) is 39.7 Å². The lowest BCUT2D eigenvalue weighted by Gasteiger charge is -2.28. The maximum Gasteiger partial charge on any atom is 0.224 e. The van der Waals surface area contributed by atoms with Crippen LogP contribution >= 0.6 is 0 Å². The molecule has 1 atom stereocenters. The van der Waals surface area contributed by atoms with Crippen molar-refractivity contribution in [1.82, 2.24) is 4.90 Å². The number of para-hydroxylation sites is 1. The van der Waals surface area contributed by atoms with E-state index in [9.17, 15) is 4.79 Å². The topological polar surface area (TPSA) is 55.6 Å². The molecule has 0 aliphatic carbocycles. The highest BCUT2D eigenvalue weighted by molar-refractivity contribution is 5.76. The van der Waals surface area contributed by atoms with Gasteiger partial charge in [-0.2, -0.15) is 0 Å². The molecule has 0 bridgehead atoms. The standard InChI is InChI=1S/C17H28N2O2/c1-6-21-14-10-8-7-9-13(14)12-19(5)16(20)11-15(18)17(2,3)4/h7-10,15H,6,11-12,18H2,1-5H3. The highest BCUT2D eigenvalue weighted by Crippen LogP contribution is 2.22. The van der Waals surface area contributed by atoms with E-state index in [1.54, 1.807) is 11.9 Å². The third-order valence-electron chi connectivity index (χ3n) is 3.61. The van der Waals surface area contributed by atoms with Gasteiger partial charge in [0.25, 0.3) is 0 Å². The van der Waals surface area contributed by atoms with Gasteiger partial charge in [-0.1, -0.05) is 39.0 Å². The summed E-state index contributed by atoms with van der Waals surface area (Å²) in [7, 11) is 1.81. The summed E-state index contributed by atoms with van der Waals surface area (Å²) in [4.78, 5) is 14.0. The van der Waals surface area contributed by atoms with E-state index in [4.69, 9.17) is 10.5 Å². The fourth-order valence-electron chi connectivity index (χ4n) is 1.92. The minimum atomic E-state index is -0.144. The Bertz CT molecular complexity index is 466. The maximum atomic E-state index is 12.3. The summed E-state index contributed by atoms with van der Waals surface area (Å²) in [6.07, 6.45) is 0.358. The number of nitrogens with two attached hydrogens (primary N) is 1. The van der Waals surface area contributed by atoms with Gasteiger partial charge in [-0.25, -0.2) is 0 Å². The zero-order valence-corrected chi connectivity index (χ0v) is 13.8. The van der Waals surface area contributed by atoms with Crippen LogP contribution in [0.3, 0.4) is 0 Å².